The number of nitrogens with zero attached hydrogens (tertiary/aromatic N) is 1. The van der Waals surface area contributed by atoms with Crippen LogP contribution in [0, 0.1) is 0 Å². The molecule has 0 fully saturated rings. The topological polar surface area (TPSA) is 96.7 Å². The highest BCUT2D eigenvalue weighted by atomic mass is 16.5. The molecule has 0 amide bonds. The Kier molecular flexibility index (Phi) is 4.58. The summed E-state index contributed by atoms with van der Waals surface area (Å²) in [5, 5.41) is 19.5. The van der Waals surface area contributed by atoms with E-state index in [9.17, 15) is 19.8 Å². The summed E-state index contributed by atoms with van der Waals surface area (Å²) in [6.07, 6.45) is 1.74. The Labute approximate surface area is 149 Å². The van der Waals surface area contributed by atoms with Gasteiger partial charge in [-0.05, 0) is 36.8 Å². The summed E-state index contributed by atoms with van der Waals surface area (Å²) in [5.41, 5.74) is -0.0195. The van der Waals surface area contributed by atoms with Crippen molar-refractivity contribution in [3.63, 3.8) is 0 Å². The van der Waals surface area contributed by atoms with Crippen LogP contribution in [0.4, 0.5) is 0 Å². The fraction of sp³-hybridized carbons (Fsp3) is 0.150. The molecule has 0 spiro atoms. The van der Waals surface area contributed by atoms with Crippen LogP contribution in [0.5, 0.6) is 5.75 Å². The quantitative estimate of drug-likeness (QED) is 0.662. The molecule has 2 aromatic carbocycles. The first-order valence-corrected chi connectivity index (χ1v) is 7.95. The van der Waals surface area contributed by atoms with E-state index < -0.39 is 17.4 Å². The number of carbonyl (C=O) groups is 2. The number of pyridine rings is 1. The Balaban J connectivity index is 1.74. The van der Waals surface area contributed by atoms with Crippen LogP contribution >= 0.6 is 0 Å². The van der Waals surface area contributed by atoms with Crippen LogP contribution in [0.25, 0.3) is 10.9 Å². The number of carboxylic acid groups (broad SMARTS) is 2. The van der Waals surface area contributed by atoms with Gasteiger partial charge in [0.25, 0.3) is 0 Å². The summed E-state index contributed by atoms with van der Waals surface area (Å²) in [6, 6.07) is 15.8. The summed E-state index contributed by atoms with van der Waals surface area (Å²) < 4.78 is 5.69. The first kappa shape index (κ1) is 17.4. The molecule has 6 nitrogen and oxygen atoms in total. The standard InChI is InChI=1S/C20H17NO5/c1-20(18(22)23,19(24)25)15-6-8-16(9-7-15)26-12-13-10-14-4-2-3-5-17(14)21-11-13/h2-11H,12H2,1H3,(H,22,23)(H,24,25). The van der Waals surface area contributed by atoms with Crippen LogP contribution < -0.4 is 4.74 Å². The highest BCUT2D eigenvalue weighted by Gasteiger charge is 2.43. The summed E-state index contributed by atoms with van der Waals surface area (Å²) in [5.74, 6) is -2.32. The summed E-state index contributed by atoms with van der Waals surface area (Å²) in [4.78, 5) is 27.1. The minimum Gasteiger partial charge on any atom is -0.489 e. The van der Waals surface area contributed by atoms with Gasteiger partial charge in [0, 0.05) is 17.1 Å². The number of rotatable bonds is 6. The van der Waals surface area contributed by atoms with Crippen LogP contribution in [-0.4, -0.2) is 27.1 Å². The Bertz CT molecular complexity index is 951. The molecule has 0 bridgehead atoms. The fourth-order valence-electron chi connectivity index (χ4n) is 2.59. The molecular weight excluding hydrogens is 334 g/mol. The third kappa shape index (κ3) is 3.21. The van der Waals surface area contributed by atoms with E-state index in [0.29, 0.717) is 12.4 Å². The number of fused-ring (bicyclic) bond motifs is 1. The van der Waals surface area contributed by atoms with E-state index in [1.165, 1.54) is 12.1 Å². The van der Waals surface area contributed by atoms with Gasteiger partial charge in [0.2, 0.25) is 0 Å². The average molecular weight is 351 g/mol. The summed E-state index contributed by atoms with van der Waals surface area (Å²) >= 11 is 0. The second-order valence-electron chi connectivity index (χ2n) is 6.08. The first-order chi connectivity index (χ1) is 12.4. The molecule has 26 heavy (non-hydrogen) atoms. The van der Waals surface area contributed by atoms with Gasteiger partial charge in [-0.3, -0.25) is 14.6 Å². The number of hydrogen-bond acceptors (Lipinski definition) is 4. The van der Waals surface area contributed by atoms with Gasteiger partial charge < -0.3 is 14.9 Å². The maximum Gasteiger partial charge on any atom is 0.325 e. The van der Waals surface area contributed by atoms with Crippen molar-refractivity contribution in [2.75, 3.05) is 0 Å². The van der Waals surface area contributed by atoms with Crippen LogP contribution in [0.15, 0.2) is 60.8 Å². The molecule has 0 unspecified atom stereocenters. The van der Waals surface area contributed by atoms with E-state index in [0.717, 1.165) is 23.4 Å². The SMILES string of the molecule is CC(C(=O)O)(C(=O)O)c1ccc(OCc2cnc3ccccc3c2)cc1. The minimum atomic E-state index is -2.00. The molecule has 3 aromatic rings. The van der Waals surface area contributed by atoms with Gasteiger partial charge in [0.15, 0.2) is 5.41 Å². The molecule has 0 saturated carbocycles. The predicted octanol–water partition coefficient (Wildman–Crippen LogP) is 3.24. The molecule has 1 aromatic heterocycles. The van der Waals surface area contributed by atoms with Crippen LogP contribution in [-0.2, 0) is 21.6 Å². The molecule has 0 aliphatic rings. The smallest absolute Gasteiger partial charge is 0.325 e. The van der Waals surface area contributed by atoms with Crippen molar-refractivity contribution < 1.29 is 24.5 Å². The fourth-order valence-corrected chi connectivity index (χ4v) is 2.59. The number of benzene rings is 2. The largest absolute Gasteiger partial charge is 0.489 e. The first-order valence-electron chi connectivity index (χ1n) is 7.95. The molecule has 0 aliphatic carbocycles. The van der Waals surface area contributed by atoms with Crippen molar-refractivity contribution in [2.45, 2.75) is 18.9 Å². The highest BCUT2D eigenvalue weighted by molar-refractivity contribution is 6.04. The van der Waals surface area contributed by atoms with Crippen LogP contribution in [0.3, 0.4) is 0 Å². The van der Waals surface area contributed by atoms with Crippen molar-refractivity contribution in [3.8, 4) is 5.75 Å². The number of aromatic nitrogens is 1. The average Bonchev–Trinajstić information content (AvgIpc) is 2.65. The van der Waals surface area contributed by atoms with Gasteiger partial charge in [0.05, 0.1) is 5.52 Å². The lowest BCUT2D eigenvalue weighted by atomic mass is 9.83. The Morgan fingerprint density at radius 1 is 1.04 bits per heavy atom. The maximum atomic E-state index is 11.3. The van der Waals surface area contributed by atoms with E-state index >= 15 is 0 Å². The monoisotopic (exact) mass is 351 g/mol. The molecule has 6 heteroatoms. The normalized spacial score (nSPS) is 11.3. The lowest BCUT2D eigenvalue weighted by Crippen LogP contribution is -2.40. The van der Waals surface area contributed by atoms with E-state index in [1.807, 2.05) is 30.3 Å². The van der Waals surface area contributed by atoms with Crippen LogP contribution in [0.1, 0.15) is 18.1 Å². The molecule has 0 saturated heterocycles. The minimum absolute atomic E-state index is 0.178. The molecule has 0 aliphatic heterocycles. The van der Waals surface area contributed by atoms with Gasteiger partial charge >= 0.3 is 11.9 Å². The van der Waals surface area contributed by atoms with Gasteiger partial charge in [0.1, 0.15) is 12.4 Å². The van der Waals surface area contributed by atoms with Gasteiger partial charge in [-0.25, -0.2) is 0 Å². The number of para-hydroxylation sites is 1. The molecule has 0 atom stereocenters. The zero-order valence-electron chi connectivity index (χ0n) is 14.0. The number of carboxylic acids is 2. The van der Waals surface area contributed by atoms with Crippen molar-refractivity contribution in [3.05, 3.63) is 71.9 Å². The molecule has 132 valence electrons. The molecule has 1 heterocycles. The van der Waals surface area contributed by atoms with E-state index in [4.69, 9.17) is 4.74 Å². The zero-order chi connectivity index (χ0) is 18.7. The second-order valence-corrected chi connectivity index (χ2v) is 6.08. The molecule has 3 rings (SSSR count). The lowest BCUT2D eigenvalue weighted by molar-refractivity contribution is -0.156. The van der Waals surface area contributed by atoms with Crippen molar-refractivity contribution in [2.24, 2.45) is 0 Å². The lowest BCUT2D eigenvalue weighted by Gasteiger charge is -2.20. The number of ether oxygens (including phenoxy) is 1. The Morgan fingerprint density at radius 2 is 1.69 bits per heavy atom. The van der Waals surface area contributed by atoms with E-state index in [-0.39, 0.29) is 5.56 Å². The third-order valence-corrected chi connectivity index (χ3v) is 4.34. The molecular formula is C20H17NO5. The summed E-state index contributed by atoms with van der Waals surface area (Å²) in [6.45, 7) is 1.46. The van der Waals surface area contributed by atoms with Gasteiger partial charge in [-0.2, -0.15) is 0 Å². The van der Waals surface area contributed by atoms with Crippen molar-refractivity contribution in [1.82, 2.24) is 4.98 Å². The highest BCUT2D eigenvalue weighted by Crippen LogP contribution is 2.27. The van der Waals surface area contributed by atoms with Gasteiger partial charge in [-0.15, -0.1) is 0 Å². The van der Waals surface area contributed by atoms with E-state index in [2.05, 4.69) is 4.98 Å². The third-order valence-electron chi connectivity index (χ3n) is 4.34. The zero-order valence-corrected chi connectivity index (χ0v) is 14.0. The van der Waals surface area contributed by atoms with Crippen LogP contribution in [0.2, 0.25) is 0 Å². The van der Waals surface area contributed by atoms with E-state index in [1.54, 1.807) is 18.3 Å². The predicted molar refractivity (Wildman–Crippen MR) is 95.1 cm³/mol. The second kappa shape index (κ2) is 6.84. The summed E-state index contributed by atoms with van der Waals surface area (Å²) in [7, 11) is 0. The maximum absolute atomic E-state index is 11.3. The van der Waals surface area contributed by atoms with Crippen molar-refractivity contribution >= 4 is 22.8 Å². The molecule has 0 radical (unpaired) electrons. The Morgan fingerprint density at radius 3 is 2.35 bits per heavy atom. The van der Waals surface area contributed by atoms with Gasteiger partial charge in [-0.1, -0.05) is 30.3 Å². The number of hydrogen-bond donors (Lipinski definition) is 2. The Hall–Kier alpha value is -3.41. The number of aliphatic carboxylic acids is 2. The van der Waals surface area contributed by atoms with Crippen molar-refractivity contribution in [1.29, 1.82) is 0 Å². The molecule has 2 N–H and O–H groups in total.